The highest BCUT2D eigenvalue weighted by atomic mass is 32.2. The lowest BCUT2D eigenvalue weighted by Crippen LogP contribution is -2.44. The fourth-order valence-electron chi connectivity index (χ4n) is 1.66. The monoisotopic (exact) mass is 285 g/mol. The first-order valence-corrected chi connectivity index (χ1v) is 7.45. The molecule has 0 radical (unpaired) electrons. The molecule has 1 aromatic carbocycles. The molecule has 19 heavy (non-hydrogen) atoms. The van der Waals surface area contributed by atoms with Crippen LogP contribution >= 0.6 is 0 Å². The van der Waals surface area contributed by atoms with Crippen LogP contribution in [0.15, 0.2) is 34.3 Å². The molecule has 7 heteroatoms. The van der Waals surface area contributed by atoms with Gasteiger partial charge in [-0.25, -0.2) is 13.1 Å². The lowest BCUT2D eigenvalue weighted by atomic mass is 10.2. The summed E-state index contributed by atoms with van der Waals surface area (Å²) >= 11 is 0. The Morgan fingerprint density at radius 3 is 2.74 bits per heavy atom. The molecule has 1 unspecified atom stereocenters. The Balaban J connectivity index is 3.00. The molecule has 0 bridgehead atoms. The van der Waals surface area contributed by atoms with Crippen LogP contribution in [0, 0.1) is 6.92 Å². The van der Waals surface area contributed by atoms with E-state index in [0.717, 1.165) is 5.56 Å². The van der Waals surface area contributed by atoms with Crippen molar-refractivity contribution in [2.75, 3.05) is 0 Å². The summed E-state index contributed by atoms with van der Waals surface area (Å²) in [7, 11) is -3.68. The Morgan fingerprint density at radius 1 is 1.53 bits per heavy atom. The molecule has 0 saturated carbocycles. The van der Waals surface area contributed by atoms with E-state index in [9.17, 15) is 8.42 Å². The van der Waals surface area contributed by atoms with Crippen molar-refractivity contribution < 1.29 is 13.6 Å². The molecule has 0 saturated heterocycles. The first kappa shape index (κ1) is 15.5. The Hall–Kier alpha value is -1.60. The van der Waals surface area contributed by atoms with E-state index >= 15 is 0 Å². The number of nitrogens with two attached hydrogens (primary N) is 1. The van der Waals surface area contributed by atoms with E-state index in [2.05, 4.69) is 9.88 Å². The molecule has 1 aromatic rings. The molecular weight excluding hydrogens is 266 g/mol. The summed E-state index contributed by atoms with van der Waals surface area (Å²) in [5, 5.41) is 11.5. The molecule has 4 N–H and O–H groups in total. The molecule has 1 rings (SSSR count). The molecule has 0 amide bonds. The number of hydrogen-bond acceptors (Lipinski definition) is 4. The fraction of sp³-hybridized carbons (Fsp3) is 0.417. The number of oxime groups is 1. The van der Waals surface area contributed by atoms with Crippen molar-refractivity contribution in [1.29, 1.82) is 0 Å². The van der Waals surface area contributed by atoms with Gasteiger partial charge in [-0.2, -0.15) is 0 Å². The van der Waals surface area contributed by atoms with Crippen LogP contribution in [0.1, 0.15) is 25.3 Å². The Kier molecular flexibility index (Phi) is 5.31. The van der Waals surface area contributed by atoms with Crippen molar-refractivity contribution in [1.82, 2.24) is 4.72 Å². The minimum Gasteiger partial charge on any atom is -0.409 e. The Morgan fingerprint density at radius 2 is 2.21 bits per heavy atom. The number of sulfonamides is 1. The molecule has 1 atom stereocenters. The topological polar surface area (TPSA) is 105 Å². The third kappa shape index (κ3) is 4.22. The molecular formula is C12H19N3O3S. The minimum absolute atomic E-state index is 0.141. The molecule has 6 nitrogen and oxygen atoms in total. The van der Waals surface area contributed by atoms with E-state index in [-0.39, 0.29) is 10.7 Å². The second kappa shape index (κ2) is 6.53. The van der Waals surface area contributed by atoms with Crippen molar-refractivity contribution in [3.63, 3.8) is 0 Å². The van der Waals surface area contributed by atoms with Gasteiger partial charge in [0.25, 0.3) is 0 Å². The van der Waals surface area contributed by atoms with Gasteiger partial charge in [0, 0.05) is 0 Å². The van der Waals surface area contributed by atoms with Crippen LogP contribution < -0.4 is 10.5 Å². The summed E-state index contributed by atoms with van der Waals surface area (Å²) in [5.41, 5.74) is 6.34. The highest BCUT2D eigenvalue weighted by Gasteiger charge is 2.22. The van der Waals surface area contributed by atoms with Crippen LogP contribution in [0.5, 0.6) is 0 Å². The maximum absolute atomic E-state index is 12.2. The maximum atomic E-state index is 12.2. The molecule has 0 heterocycles. The number of nitrogens with one attached hydrogen (secondary N) is 1. The summed E-state index contributed by atoms with van der Waals surface area (Å²) < 4.78 is 26.8. The fourth-order valence-corrected chi connectivity index (χ4v) is 3.01. The van der Waals surface area contributed by atoms with Gasteiger partial charge >= 0.3 is 0 Å². The zero-order valence-electron chi connectivity index (χ0n) is 11.0. The Labute approximate surface area is 113 Å². The second-order valence-corrected chi connectivity index (χ2v) is 6.02. The molecule has 0 aliphatic carbocycles. The van der Waals surface area contributed by atoms with Gasteiger partial charge in [-0.05, 0) is 31.0 Å². The van der Waals surface area contributed by atoms with E-state index in [4.69, 9.17) is 10.9 Å². The van der Waals surface area contributed by atoms with E-state index in [1.54, 1.807) is 12.1 Å². The predicted molar refractivity (Wildman–Crippen MR) is 73.6 cm³/mol. The first-order valence-electron chi connectivity index (χ1n) is 5.97. The van der Waals surface area contributed by atoms with E-state index in [1.807, 2.05) is 19.9 Å². The third-order valence-electron chi connectivity index (χ3n) is 2.65. The molecule has 0 aliphatic heterocycles. The number of aryl methyl sites for hydroxylation is 1. The van der Waals surface area contributed by atoms with Crippen LogP contribution in [-0.2, 0) is 10.0 Å². The van der Waals surface area contributed by atoms with Crippen LogP contribution in [0.3, 0.4) is 0 Å². The lowest BCUT2D eigenvalue weighted by Gasteiger charge is -2.16. The zero-order chi connectivity index (χ0) is 14.5. The zero-order valence-corrected chi connectivity index (χ0v) is 11.8. The van der Waals surface area contributed by atoms with Crippen molar-refractivity contribution in [2.45, 2.75) is 37.6 Å². The largest absolute Gasteiger partial charge is 0.409 e. The highest BCUT2D eigenvalue weighted by molar-refractivity contribution is 7.89. The summed E-state index contributed by atoms with van der Waals surface area (Å²) in [6.07, 6.45) is 1.16. The predicted octanol–water partition coefficient (Wildman–Crippen LogP) is 1.19. The maximum Gasteiger partial charge on any atom is 0.241 e. The van der Waals surface area contributed by atoms with Crippen LogP contribution in [0.4, 0.5) is 0 Å². The van der Waals surface area contributed by atoms with Gasteiger partial charge in [-0.3, -0.25) is 0 Å². The molecule has 106 valence electrons. The normalized spacial score (nSPS) is 14.3. The average molecular weight is 285 g/mol. The van der Waals surface area contributed by atoms with E-state index in [0.29, 0.717) is 12.8 Å². The molecule has 0 fully saturated rings. The van der Waals surface area contributed by atoms with Crippen molar-refractivity contribution in [3.8, 4) is 0 Å². The van der Waals surface area contributed by atoms with Gasteiger partial charge < -0.3 is 10.9 Å². The van der Waals surface area contributed by atoms with Crippen molar-refractivity contribution >= 4 is 15.9 Å². The average Bonchev–Trinajstić information content (AvgIpc) is 2.37. The number of amidine groups is 1. The first-order chi connectivity index (χ1) is 8.90. The number of hydrogen-bond donors (Lipinski definition) is 3. The van der Waals surface area contributed by atoms with Crippen LogP contribution in [0.25, 0.3) is 0 Å². The van der Waals surface area contributed by atoms with Crippen molar-refractivity contribution in [2.24, 2.45) is 10.9 Å². The van der Waals surface area contributed by atoms with E-state index < -0.39 is 16.1 Å². The van der Waals surface area contributed by atoms with Crippen LogP contribution in [-0.4, -0.2) is 25.5 Å². The lowest BCUT2D eigenvalue weighted by molar-refractivity contribution is 0.315. The highest BCUT2D eigenvalue weighted by Crippen LogP contribution is 2.12. The van der Waals surface area contributed by atoms with Gasteiger partial charge in [0.05, 0.1) is 10.9 Å². The van der Waals surface area contributed by atoms with Gasteiger partial charge in [0.1, 0.15) is 0 Å². The van der Waals surface area contributed by atoms with E-state index in [1.165, 1.54) is 6.07 Å². The third-order valence-corrected chi connectivity index (χ3v) is 4.12. The van der Waals surface area contributed by atoms with Gasteiger partial charge in [0.2, 0.25) is 10.0 Å². The summed E-state index contributed by atoms with van der Waals surface area (Å²) in [4.78, 5) is 0.166. The molecule has 0 spiro atoms. The number of rotatable bonds is 6. The van der Waals surface area contributed by atoms with Crippen LogP contribution in [0.2, 0.25) is 0 Å². The standard InChI is InChI=1S/C12H19N3O3S/c1-3-5-11(12(13)14-16)15-19(17,18)10-7-4-6-9(2)8-10/h4,6-8,11,15-16H,3,5H2,1-2H3,(H2,13,14). The molecule has 0 aliphatic rings. The summed E-state index contributed by atoms with van der Waals surface area (Å²) in [6.45, 7) is 3.70. The SMILES string of the molecule is CCCC(NS(=O)(=O)c1cccc(C)c1)/C(N)=N/O. The summed E-state index contributed by atoms with van der Waals surface area (Å²) in [6, 6.07) is 5.84. The van der Waals surface area contributed by atoms with Gasteiger partial charge in [0.15, 0.2) is 5.84 Å². The summed E-state index contributed by atoms with van der Waals surface area (Å²) in [5.74, 6) is -0.141. The quantitative estimate of drug-likeness (QED) is 0.316. The number of nitrogens with zero attached hydrogens (tertiary/aromatic N) is 1. The van der Waals surface area contributed by atoms with Gasteiger partial charge in [-0.15, -0.1) is 0 Å². The molecule has 0 aromatic heterocycles. The smallest absolute Gasteiger partial charge is 0.241 e. The number of benzene rings is 1. The Bertz CT molecular complexity index is 555. The second-order valence-electron chi connectivity index (χ2n) is 4.30. The minimum atomic E-state index is -3.68. The van der Waals surface area contributed by atoms with Gasteiger partial charge in [-0.1, -0.05) is 30.6 Å². The van der Waals surface area contributed by atoms with Crippen molar-refractivity contribution in [3.05, 3.63) is 29.8 Å².